The number of hydrogen-bond donors (Lipinski definition) is 1. The third-order valence-corrected chi connectivity index (χ3v) is 4.89. The molecule has 6 heteroatoms. The van der Waals surface area contributed by atoms with E-state index in [9.17, 15) is 9.59 Å². The number of amides is 1. The first-order chi connectivity index (χ1) is 12.5. The van der Waals surface area contributed by atoms with E-state index in [0.29, 0.717) is 17.9 Å². The Kier molecular flexibility index (Phi) is 5.61. The maximum Gasteiger partial charge on any atom is 0.336 e. The topological polar surface area (TPSA) is 71.8 Å². The van der Waals surface area contributed by atoms with Crippen LogP contribution < -0.4 is 15.7 Å². The molecule has 1 aromatic carbocycles. The molecular formula is C20H26N2O4. The molecule has 0 spiro atoms. The van der Waals surface area contributed by atoms with E-state index in [1.54, 1.807) is 19.2 Å². The van der Waals surface area contributed by atoms with Crippen LogP contribution in [-0.4, -0.2) is 37.0 Å². The molecule has 1 N–H and O–H groups in total. The number of ether oxygens (including phenoxy) is 1. The van der Waals surface area contributed by atoms with Crippen LogP contribution >= 0.6 is 0 Å². The van der Waals surface area contributed by atoms with E-state index in [4.69, 9.17) is 9.15 Å². The molecule has 1 aromatic heterocycles. The lowest BCUT2D eigenvalue weighted by molar-refractivity contribution is -0.125. The molecular weight excluding hydrogens is 332 g/mol. The number of methoxy groups -OCH3 is 1. The van der Waals surface area contributed by atoms with Crippen molar-refractivity contribution in [1.29, 1.82) is 0 Å². The second-order valence-corrected chi connectivity index (χ2v) is 7.17. The predicted molar refractivity (Wildman–Crippen MR) is 100 cm³/mol. The van der Waals surface area contributed by atoms with Gasteiger partial charge in [0, 0.05) is 49.1 Å². The summed E-state index contributed by atoms with van der Waals surface area (Å²) in [6.07, 6.45) is 1.84. The minimum Gasteiger partial charge on any atom is -0.497 e. The molecule has 2 aromatic rings. The van der Waals surface area contributed by atoms with Crippen LogP contribution in [0.15, 0.2) is 33.5 Å². The first-order valence-corrected chi connectivity index (χ1v) is 9.10. The van der Waals surface area contributed by atoms with Gasteiger partial charge >= 0.3 is 5.63 Å². The van der Waals surface area contributed by atoms with E-state index in [2.05, 4.69) is 10.2 Å². The summed E-state index contributed by atoms with van der Waals surface area (Å²) in [6.45, 7) is 6.29. The summed E-state index contributed by atoms with van der Waals surface area (Å²) in [7, 11) is 1.59. The van der Waals surface area contributed by atoms with Crippen LogP contribution in [-0.2, 0) is 11.3 Å². The van der Waals surface area contributed by atoms with E-state index < -0.39 is 0 Å². The molecule has 0 aliphatic carbocycles. The van der Waals surface area contributed by atoms with Crippen molar-refractivity contribution in [3.63, 3.8) is 0 Å². The molecule has 1 aliphatic rings. The molecule has 3 rings (SSSR count). The maximum atomic E-state index is 11.9. The van der Waals surface area contributed by atoms with Gasteiger partial charge in [-0.2, -0.15) is 0 Å². The van der Waals surface area contributed by atoms with Crippen LogP contribution in [0.25, 0.3) is 11.0 Å². The van der Waals surface area contributed by atoms with Crippen molar-refractivity contribution >= 4 is 16.9 Å². The SMILES string of the molecule is COc1ccc2c(CN3CCC(NC(=O)C(C)C)CC3)cc(=O)oc2c1. The van der Waals surface area contributed by atoms with Gasteiger partial charge in [-0.1, -0.05) is 13.8 Å². The van der Waals surface area contributed by atoms with Crippen molar-refractivity contribution < 1.29 is 13.9 Å². The molecule has 0 atom stereocenters. The van der Waals surface area contributed by atoms with Gasteiger partial charge in [-0.15, -0.1) is 0 Å². The fourth-order valence-corrected chi connectivity index (χ4v) is 3.31. The Morgan fingerprint density at radius 1 is 1.31 bits per heavy atom. The Morgan fingerprint density at radius 2 is 2.04 bits per heavy atom. The molecule has 0 saturated carbocycles. The summed E-state index contributed by atoms with van der Waals surface area (Å²) in [5.41, 5.74) is 1.16. The number of hydrogen-bond acceptors (Lipinski definition) is 5. The number of nitrogens with zero attached hydrogens (tertiary/aromatic N) is 1. The average molecular weight is 358 g/mol. The third kappa shape index (κ3) is 4.25. The van der Waals surface area contributed by atoms with Gasteiger partial charge in [0.25, 0.3) is 0 Å². The first kappa shape index (κ1) is 18.5. The zero-order valence-corrected chi connectivity index (χ0v) is 15.6. The molecule has 1 fully saturated rings. The summed E-state index contributed by atoms with van der Waals surface area (Å²) in [5, 5.41) is 4.04. The van der Waals surface area contributed by atoms with Crippen LogP contribution in [0.5, 0.6) is 5.75 Å². The van der Waals surface area contributed by atoms with Gasteiger partial charge in [0.1, 0.15) is 11.3 Å². The largest absolute Gasteiger partial charge is 0.497 e. The summed E-state index contributed by atoms with van der Waals surface area (Å²) >= 11 is 0. The first-order valence-electron chi connectivity index (χ1n) is 9.10. The van der Waals surface area contributed by atoms with Gasteiger partial charge in [-0.3, -0.25) is 9.69 Å². The number of rotatable bonds is 5. The predicted octanol–water partition coefficient (Wildman–Crippen LogP) is 2.54. The van der Waals surface area contributed by atoms with Gasteiger partial charge in [0.05, 0.1) is 7.11 Å². The highest BCUT2D eigenvalue weighted by Gasteiger charge is 2.22. The fourth-order valence-electron chi connectivity index (χ4n) is 3.31. The van der Waals surface area contributed by atoms with Gasteiger partial charge in [-0.05, 0) is 30.5 Å². The minimum atomic E-state index is -0.347. The zero-order valence-electron chi connectivity index (χ0n) is 15.6. The zero-order chi connectivity index (χ0) is 18.7. The lowest BCUT2D eigenvalue weighted by Gasteiger charge is -2.32. The molecule has 1 saturated heterocycles. The molecule has 26 heavy (non-hydrogen) atoms. The lowest BCUT2D eigenvalue weighted by Crippen LogP contribution is -2.45. The maximum absolute atomic E-state index is 11.9. The van der Waals surface area contributed by atoms with E-state index >= 15 is 0 Å². The molecule has 1 amide bonds. The number of benzene rings is 1. The highest BCUT2D eigenvalue weighted by atomic mass is 16.5. The van der Waals surface area contributed by atoms with Crippen LogP contribution in [0.3, 0.4) is 0 Å². The smallest absolute Gasteiger partial charge is 0.336 e. The van der Waals surface area contributed by atoms with E-state index in [1.165, 1.54) is 0 Å². The molecule has 0 unspecified atom stereocenters. The quantitative estimate of drug-likeness (QED) is 0.832. The number of fused-ring (bicyclic) bond motifs is 1. The lowest BCUT2D eigenvalue weighted by atomic mass is 10.0. The minimum absolute atomic E-state index is 0.0138. The Morgan fingerprint density at radius 3 is 2.69 bits per heavy atom. The van der Waals surface area contributed by atoms with E-state index in [-0.39, 0.29) is 23.5 Å². The Bertz CT molecular complexity index is 835. The summed E-state index contributed by atoms with van der Waals surface area (Å²) in [4.78, 5) is 26.1. The van der Waals surface area contributed by atoms with Gasteiger partial charge < -0.3 is 14.5 Å². The summed E-state index contributed by atoms with van der Waals surface area (Å²) in [6, 6.07) is 7.36. The number of likely N-dealkylation sites (tertiary alicyclic amines) is 1. The van der Waals surface area contributed by atoms with Gasteiger partial charge in [-0.25, -0.2) is 4.79 Å². The molecule has 0 radical (unpaired) electrons. The van der Waals surface area contributed by atoms with Crippen molar-refractivity contribution in [3.8, 4) is 5.75 Å². The average Bonchev–Trinajstić information content (AvgIpc) is 2.62. The van der Waals surface area contributed by atoms with Gasteiger partial charge in [0.2, 0.25) is 5.91 Å². The van der Waals surface area contributed by atoms with Crippen LogP contribution in [0.2, 0.25) is 0 Å². The highest BCUT2D eigenvalue weighted by molar-refractivity contribution is 5.81. The number of carbonyl (C=O) groups excluding carboxylic acids is 1. The van der Waals surface area contributed by atoms with Crippen LogP contribution in [0, 0.1) is 5.92 Å². The molecule has 2 heterocycles. The van der Waals surface area contributed by atoms with Crippen LogP contribution in [0.4, 0.5) is 0 Å². The van der Waals surface area contributed by atoms with E-state index in [1.807, 2.05) is 26.0 Å². The number of piperidine rings is 1. The van der Waals surface area contributed by atoms with Crippen molar-refractivity contribution in [2.45, 2.75) is 39.3 Å². The molecule has 1 aliphatic heterocycles. The van der Waals surface area contributed by atoms with Crippen molar-refractivity contribution in [3.05, 3.63) is 40.2 Å². The second-order valence-electron chi connectivity index (χ2n) is 7.17. The fraction of sp³-hybridized carbons (Fsp3) is 0.500. The van der Waals surface area contributed by atoms with E-state index in [0.717, 1.165) is 36.9 Å². The van der Waals surface area contributed by atoms with Crippen molar-refractivity contribution in [2.24, 2.45) is 5.92 Å². The van der Waals surface area contributed by atoms with Crippen molar-refractivity contribution in [1.82, 2.24) is 10.2 Å². The number of carbonyl (C=O) groups is 1. The normalized spacial score (nSPS) is 16.2. The second kappa shape index (κ2) is 7.91. The standard InChI is InChI=1S/C20H26N2O4/c1-13(2)20(24)21-15-6-8-22(9-7-15)12-14-10-19(23)26-18-11-16(25-3)4-5-17(14)18/h4-5,10-11,13,15H,6-9,12H2,1-3H3,(H,21,24). The van der Waals surface area contributed by atoms with Gasteiger partial charge in [0.15, 0.2) is 0 Å². The Hall–Kier alpha value is -2.34. The Balaban J connectivity index is 1.68. The molecule has 0 bridgehead atoms. The molecule has 6 nitrogen and oxygen atoms in total. The third-order valence-electron chi connectivity index (χ3n) is 4.89. The molecule has 140 valence electrons. The summed E-state index contributed by atoms with van der Waals surface area (Å²) < 4.78 is 10.5. The number of nitrogens with one attached hydrogen (secondary N) is 1. The van der Waals surface area contributed by atoms with Crippen molar-refractivity contribution in [2.75, 3.05) is 20.2 Å². The summed E-state index contributed by atoms with van der Waals surface area (Å²) in [5.74, 6) is 0.795. The Labute approximate surface area is 153 Å². The highest BCUT2D eigenvalue weighted by Crippen LogP contribution is 2.24. The monoisotopic (exact) mass is 358 g/mol. The van der Waals surface area contributed by atoms with Crippen LogP contribution in [0.1, 0.15) is 32.3 Å².